The van der Waals surface area contributed by atoms with Crippen LogP contribution in [0.2, 0.25) is 0 Å². The van der Waals surface area contributed by atoms with E-state index in [-0.39, 0.29) is 0 Å². The highest BCUT2D eigenvalue weighted by atomic mass is 16.3. The quantitative estimate of drug-likeness (QED) is 0.197. The summed E-state index contributed by atoms with van der Waals surface area (Å²) in [6.45, 7) is 11.4. The second kappa shape index (κ2) is 11.7. The molecule has 1 aliphatic carbocycles. The van der Waals surface area contributed by atoms with Crippen molar-refractivity contribution in [3.8, 4) is 33.6 Å². The van der Waals surface area contributed by atoms with Gasteiger partial charge in [0.15, 0.2) is 0 Å². The van der Waals surface area contributed by atoms with Crippen molar-refractivity contribution in [2.24, 2.45) is 0 Å². The third-order valence-corrected chi connectivity index (χ3v) is 9.65. The average molecular weight is 579 g/mol. The van der Waals surface area contributed by atoms with Crippen LogP contribution in [0.4, 0.5) is 0 Å². The van der Waals surface area contributed by atoms with Gasteiger partial charge in [0, 0.05) is 28.1 Å². The molecule has 3 aromatic carbocycles. The highest BCUT2D eigenvalue weighted by Crippen LogP contribution is 2.43. The zero-order valence-electron chi connectivity index (χ0n) is 26.7. The lowest BCUT2D eigenvalue weighted by molar-refractivity contribution is 0.441. The van der Waals surface area contributed by atoms with E-state index in [1.165, 1.54) is 71.0 Å². The van der Waals surface area contributed by atoms with Gasteiger partial charge in [-0.15, -0.1) is 0 Å². The molecule has 6 aromatic rings. The van der Waals surface area contributed by atoms with Gasteiger partial charge in [-0.05, 0) is 95.2 Å². The molecule has 1 saturated carbocycles. The Labute approximate surface area is 261 Å². The summed E-state index contributed by atoms with van der Waals surface area (Å²) in [6, 6.07) is 28.3. The Morgan fingerprint density at radius 2 is 1.52 bits per heavy atom. The summed E-state index contributed by atoms with van der Waals surface area (Å²) < 4.78 is 6.65. The SMILES string of the molecule is Cc1cc(-c2cccc3c2oc2nc(-c4c(C(C)C)ccc(-c5ccccc5)c4C(C)C)ccc23)ncc1C1CCCCC1. The standard InChI is InChI=1S/C41H42N2O/c1-25(2)30-19-20-31(28-13-8-6-9-14-28)38(26(3)4)39(30)36-22-21-33-32-17-12-18-34(40(32)44-41(33)43-36)37-23-27(5)35(24-42-37)29-15-10-7-11-16-29/h6,8-9,12-14,17-26,29H,7,10-11,15-16H2,1-5H3. The molecule has 44 heavy (non-hydrogen) atoms. The number of hydrogen-bond donors (Lipinski definition) is 0. The van der Waals surface area contributed by atoms with Gasteiger partial charge in [-0.25, -0.2) is 4.98 Å². The van der Waals surface area contributed by atoms with Gasteiger partial charge < -0.3 is 4.42 Å². The first-order valence-electron chi connectivity index (χ1n) is 16.4. The molecule has 1 fully saturated rings. The molecule has 3 heteroatoms. The topological polar surface area (TPSA) is 38.9 Å². The number of para-hydroxylation sites is 1. The Hall–Kier alpha value is -4.24. The number of nitrogens with zero attached hydrogens (tertiary/aromatic N) is 2. The molecule has 3 heterocycles. The molecule has 1 aliphatic rings. The average Bonchev–Trinajstić information content (AvgIpc) is 3.43. The van der Waals surface area contributed by atoms with Crippen molar-refractivity contribution in [2.45, 2.75) is 84.5 Å². The summed E-state index contributed by atoms with van der Waals surface area (Å²) in [6.07, 6.45) is 8.70. The third-order valence-electron chi connectivity index (χ3n) is 9.65. The zero-order valence-corrected chi connectivity index (χ0v) is 26.7. The maximum absolute atomic E-state index is 6.65. The fourth-order valence-electron chi connectivity index (χ4n) is 7.45. The highest BCUT2D eigenvalue weighted by molar-refractivity contribution is 6.08. The predicted molar refractivity (Wildman–Crippen MR) is 184 cm³/mol. The number of furan rings is 1. The molecular weight excluding hydrogens is 536 g/mol. The molecule has 0 radical (unpaired) electrons. The van der Waals surface area contributed by atoms with Crippen molar-refractivity contribution in [1.82, 2.24) is 9.97 Å². The van der Waals surface area contributed by atoms with Crippen LogP contribution in [-0.4, -0.2) is 9.97 Å². The summed E-state index contributed by atoms with van der Waals surface area (Å²) >= 11 is 0. The zero-order chi connectivity index (χ0) is 30.4. The van der Waals surface area contributed by atoms with E-state index in [0.717, 1.165) is 33.3 Å². The molecule has 0 unspecified atom stereocenters. The Morgan fingerprint density at radius 1 is 0.727 bits per heavy atom. The monoisotopic (exact) mass is 578 g/mol. The minimum atomic E-state index is 0.324. The van der Waals surface area contributed by atoms with Crippen LogP contribution in [0.5, 0.6) is 0 Å². The van der Waals surface area contributed by atoms with Gasteiger partial charge >= 0.3 is 0 Å². The Morgan fingerprint density at radius 3 is 2.25 bits per heavy atom. The smallest absolute Gasteiger partial charge is 0.227 e. The maximum Gasteiger partial charge on any atom is 0.227 e. The first kappa shape index (κ1) is 28.5. The van der Waals surface area contributed by atoms with Gasteiger partial charge in [0.25, 0.3) is 0 Å². The van der Waals surface area contributed by atoms with Crippen LogP contribution in [0.25, 0.3) is 55.7 Å². The third kappa shape index (κ3) is 5.03. The molecule has 222 valence electrons. The van der Waals surface area contributed by atoms with Gasteiger partial charge in [0.05, 0.1) is 11.4 Å². The molecule has 0 amide bonds. The Balaban J connectivity index is 1.37. The molecule has 0 aliphatic heterocycles. The van der Waals surface area contributed by atoms with E-state index in [9.17, 15) is 0 Å². The fraction of sp³-hybridized carbons (Fsp3) is 0.317. The fourth-order valence-corrected chi connectivity index (χ4v) is 7.45. The first-order chi connectivity index (χ1) is 21.4. The van der Waals surface area contributed by atoms with Crippen molar-refractivity contribution in [3.63, 3.8) is 0 Å². The lowest BCUT2D eigenvalue weighted by Crippen LogP contribution is -2.07. The van der Waals surface area contributed by atoms with Crippen molar-refractivity contribution >= 4 is 22.1 Å². The van der Waals surface area contributed by atoms with Crippen LogP contribution in [0.15, 0.2) is 89.5 Å². The van der Waals surface area contributed by atoms with E-state index in [0.29, 0.717) is 23.5 Å². The summed E-state index contributed by atoms with van der Waals surface area (Å²) in [4.78, 5) is 10.2. The number of hydrogen-bond acceptors (Lipinski definition) is 3. The number of aromatic nitrogens is 2. The van der Waals surface area contributed by atoms with Crippen LogP contribution in [0, 0.1) is 6.92 Å². The van der Waals surface area contributed by atoms with E-state index in [2.05, 4.69) is 120 Å². The molecule has 7 rings (SSSR count). The van der Waals surface area contributed by atoms with E-state index in [1.54, 1.807) is 0 Å². The summed E-state index contributed by atoms with van der Waals surface area (Å²) in [5.74, 6) is 1.32. The van der Waals surface area contributed by atoms with Crippen LogP contribution in [0.3, 0.4) is 0 Å². The molecule has 0 atom stereocenters. The number of fused-ring (bicyclic) bond motifs is 3. The minimum absolute atomic E-state index is 0.324. The lowest BCUT2D eigenvalue weighted by atomic mass is 9.82. The normalized spacial score (nSPS) is 14.3. The van der Waals surface area contributed by atoms with E-state index in [4.69, 9.17) is 14.4 Å². The highest BCUT2D eigenvalue weighted by Gasteiger charge is 2.23. The predicted octanol–water partition coefficient (Wildman–Crippen LogP) is 12.0. The second-order valence-electron chi connectivity index (χ2n) is 13.3. The van der Waals surface area contributed by atoms with Crippen LogP contribution in [-0.2, 0) is 0 Å². The van der Waals surface area contributed by atoms with E-state index in [1.807, 2.05) is 0 Å². The molecule has 3 aromatic heterocycles. The summed E-state index contributed by atoms with van der Waals surface area (Å²) in [7, 11) is 0. The molecule has 0 N–H and O–H groups in total. The van der Waals surface area contributed by atoms with Gasteiger partial charge in [-0.3, -0.25) is 4.98 Å². The van der Waals surface area contributed by atoms with E-state index < -0.39 is 0 Å². The lowest BCUT2D eigenvalue weighted by Gasteiger charge is -2.23. The van der Waals surface area contributed by atoms with Gasteiger partial charge in [-0.1, -0.05) is 102 Å². The first-order valence-corrected chi connectivity index (χ1v) is 16.4. The summed E-state index contributed by atoms with van der Waals surface area (Å²) in [5.41, 5.74) is 13.6. The molecule has 0 saturated heterocycles. The molecule has 0 spiro atoms. The van der Waals surface area contributed by atoms with Crippen molar-refractivity contribution in [2.75, 3.05) is 0 Å². The van der Waals surface area contributed by atoms with Crippen molar-refractivity contribution in [3.05, 3.63) is 107 Å². The minimum Gasteiger partial charge on any atom is -0.437 e. The number of rotatable bonds is 6. The molecule has 0 bridgehead atoms. The number of benzene rings is 3. The van der Waals surface area contributed by atoms with Gasteiger partial charge in [0.2, 0.25) is 5.71 Å². The van der Waals surface area contributed by atoms with Gasteiger partial charge in [-0.2, -0.15) is 0 Å². The van der Waals surface area contributed by atoms with Crippen LogP contribution >= 0.6 is 0 Å². The summed E-state index contributed by atoms with van der Waals surface area (Å²) in [5, 5.41) is 2.12. The van der Waals surface area contributed by atoms with Crippen LogP contribution < -0.4 is 0 Å². The number of aryl methyl sites for hydroxylation is 1. The Kier molecular flexibility index (Phi) is 7.58. The molecular formula is C41H42N2O. The molecule has 3 nitrogen and oxygen atoms in total. The van der Waals surface area contributed by atoms with Crippen LogP contribution in [0.1, 0.15) is 99.8 Å². The van der Waals surface area contributed by atoms with Crippen molar-refractivity contribution in [1.29, 1.82) is 0 Å². The second-order valence-corrected chi connectivity index (χ2v) is 13.3. The largest absolute Gasteiger partial charge is 0.437 e. The number of pyridine rings is 2. The van der Waals surface area contributed by atoms with Crippen molar-refractivity contribution < 1.29 is 4.42 Å². The Bertz CT molecular complexity index is 1960. The maximum atomic E-state index is 6.65. The van der Waals surface area contributed by atoms with Gasteiger partial charge in [0.1, 0.15) is 5.58 Å². The van der Waals surface area contributed by atoms with E-state index >= 15 is 0 Å².